The second-order valence-corrected chi connectivity index (χ2v) is 7.33. The average Bonchev–Trinajstić information content (AvgIpc) is 2.68. The lowest BCUT2D eigenvalue weighted by Gasteiger charge is -2.23. The highest BCUT2D eigenvalue weighted by molar-refractivity contribution is 6.31. The van der Waals surface area contributed by atoms with Gasteiger partial charge in [-0.1, -0.05) is 61.2 Å². The van der Waals surface area contributed by atoms with Gasteiger partial charge in [-0.2, -0.15) is 0 Å². The summed E-state index contributed by atoms with van der Waals surface area (Å²) in [6.07, 6.45) is 5.74. The van der Waals surface area contributed by atoms with Crippen LogP contribution in [0.2, 0.25) is 5.02 Å². The van der Waals surface area contributed by atoms with E-state index in [-0.39, 0.29) is 11.9 Å². The first kappa shape index (κ1) is 17.0. The standard InChI is InChI=1S/C22H21ClN2O/c23-16-11-12-20-18(13-16)19(22(26)24-17-9-5-2-6-10-17)14-21(25-20)15-7-3-1-4-8-15/h1,3-4,7-8,11-14,17H,2,5-6,9-10H2,(H,24,26). The largest absolute Gasteiger partial charge is 0.349 e. The molecule has 4 heteroatoms. The number of carbonyl (C=O) groups is 1. The molecule has 1 aliphatic carbocycles. The summed E-state index contributed by atoms with van der Waals surface area (Å²) in [5, 5.41) is 4.62. The molecule has 1 amide bonds. The van der Waals surface area contributed by atoms with Gasteiger partial charge in [0.2, 0.25) is 0 Å². The first-order valence-electron chi connectivity index (χ1n) is 9.17. The molecule has 26 heavy (non-hydrogen) atoms. The predicted octanol–water partition coefficient (Wildman–Crippen LogP) is 5.62. The van der Waals surface area contributed by atoms with Crippen molar-refractivity contribution < 1.29 is 4.79 Å². The van der Waals surface area contributed by atoms with Crippen LogP contribution in [0.3, 0.4) is 0 Å². The molecule has 2 aromatic carbocycles. The van der Waals surface area contributed by atoms with Crippen molar-refractivity contribution in [1.29, 1.82) is 0 Å². The predicted molar refractivity (Wildman–Crippen MR) is 107 cm³/mol. The number of halogens is 1. The fourth-order valence-electron chi connectivity index (χ4n) is 3.65. The number of benzene rings is 2. The maximum Gasteiger partial charge on any atom is 0.252 e. The first-order valence-corrected chi connectivity index (χ1v) is 9.55. The van der Waals surface area contributed by atoms with Crippen LogP contribution in [0.4, 0.5) is 0 Å². The van der Waals surface area contributed by atoms with Crippen molar-refractivity contribution in [2.45, 2.75) is 38.1 Å². The molecular weight excluding hydrogens is 344 g/mol. The summed E-state index contributed by atoms with van der Waals surface area (Å²) in [5.74, 6) is -0.0382. The van der Waals surface area contributed by atoms with Gasteiger partial charge in [0.25, 0.3) is 5.91 Å². The summed E-state index contributed by atoms with van der Waals surface area (Å²) in [5.41, 5.74) is 3.22. The Morgan fingerprint density at radius 3 is 2.54 bits per heavy atom. The summed E-state index contributed by atoms with van der Waals surface area (Å²) in [6.45, 7) is 0. The zero-order valence-corrected chi connectivity index (χ0v) is 15.3. The van der Waals surface area contributed by atoms with Crippen LogP contribution in [-0.2, 0) is 0 Å². The number of nitrogens with one attached hydrogen (secondary N) is 1. The summed E-state index contributed by atoms with van der Waals surface area (Å²) in [7, 11) is 0. The van der Waals surface area contributed by atoms with Gasteiger partial charge in [-0.15, -0.1) is 0 Å². The Labute approximate surface area is 158 Å². The molecule has 1 N–H and O–H groups in total. The number of pyridine rings is 1. The van der Waals surface area contributed by atoms with Gasteiger partial charge in [0, 0.05) is 22.0 Å². The van der Waals surface area contributed by atoms with E-state index in [1.807, 2.05) is 54.6 Å². The molecule has 132 valence electrons. The van der Waals surface area contributed by atoms with E-state index in [1.165, 1.54) is 19.3 Å². The molecule has 0 unspecified atom stereocenters. The monoisotopic (exact) mass is 364 g/mol. The lowest BCUT2D eigenvalue weighted by atomic mass is 9.95. The minimum absolute atomic E-state index is 0.0382. The molecule has 0 spiro atoms. The van der Waals surface area contributed by atoms with Crippen LogP contribution in [0.15, 0.2) is 54.6 Å². The summed E-state index contributed by atoms with van der Waals surface area (Å²) < 4.78 is 0. The minimum Gasteiger partial charge on any atom is -0.349 e. The molecule has 4 rings (SSSR count). The van der Waals surface area contributed by atoms with Crippen molar-refractivity contribution in [2.24, 2.45) is 0 Å². The summed E-state index contributed by atoms with van der Waals surface area (Å²) in [6, 6.07) is 17.6. The molecule has 1 saturated carbocycles. The van der Waals surface area contributed by atoms with Crippen LogP contribution in [-0.4, -0.2) is 16.9 Å². The Hall–Kier alpha value is -2.39. The molecule has 1 fully saturated rings. The number of rotatable bonds is 3. The van der Waals surface area contributed by atoms with E-state index in [4.69, 9.17) is 16.6 Å². The molecular formula is C22H21ClN2O. The number of carbonyl (C=O) groups excluding carboxylic acids is 1. The van der Waals surface area contributed by atoms with Gasteiger partial charge in [-0.05, 0) is 37.1 Å². The van der Waals surface area contributed by atoms with Crippen molar-refractivity contribution in [3.63, 3.8) is 0 Å². The number of fused-ring (bicyclic) bond motifs is 1. The average molecular weight is 365 g/mol. The zero-order chi connectivity index (χ0) is 17.9. The van der Waals surface area contributed by atoms with E-state index in [0.29, 0.717) is 10.6 Å². The van der Waals surface area contributed by atoms with Crippen molar-refractivity contribution in [2.75, 3.05) is 0 Å². The molecule has 0 atom stereocenters. The lowest BCUT2D eigenvalue weighted by Crippen LogP contribution is -2.36. The highest BCUT2D eigenvalue weighted by atomic mass is 35.5. The molecule has 1 heterocycles. The molecule has 3 aromatic rings. The van der Waals surface area contributed by atoms with Crippen LogP contribution < -0.4 is 5.32 Å². The van der Waals surface area contributed by atoms with Crippen molar-refractivity contribution in [3.8, 4) is 11.3 Å². The summed E-state index contributed by atoms with van der Waals surface area (Å²) in [4.78, 5) is 17.8. The van der Waals surface area contributed by atoms with Crippen molar-refractivity contribution in [3.05, 3.63) is 65.2 Å². The summed E-state index contributed by atoms with van der Waals surface area (Å²) >= 11 is 6.18. The third-order valence-corrected chi connectivity index (χ3v) is 5.26. The third-order valence-electron chi connectivity index (χ3n) is 5.03. The maximum atomic E-state index is 13.0. The molecule has 1 aromatic heterocycles. The molecule has 1 aliphatic rings. The fourth-order valence-corrected chi connectivity index (χ4v) is 3.82. The van der Waals surface area contributed by atoms with E-state index < -0.39 is 0 Å². The van der Waals surface area contributed by atoms with Gasteiger partial charge < -0.3 is 5.32 Å². The topological polar surface area (TPSA) is 42.0 Å². The first-order chi connectivity index (χ1) is 12.7. The SMILES string of the molecule is O=C(NC1CCCCC1)c1cc(-c2ccccc2)nc2ccc(Cl)cc12. The smallest absolute Gasteiger partial charge is 0.252 e. The highest BCUT2D eigenvalue weighted by Crippen LogP contribution is 2.27. The highest BCUT2D eigenvalue weighted by Gasteiger charge is 2.19. The van der Waals surface area contributed by atoms with E-state index in [2.05, 4.69) is 5.32 Å². The Morgan fingerprint density at radius 2 is 1.77 bits per heavy atom. The number of hydrogen-bond donors (Lipinski definition) is 1. The molecule has 0 bridgehead atoms. The number of aromatic nitrogens is 1. The molecule has 0 radical (unpaired) electrons. The fraction of sp³-hybridized carbons (Fsp3) is 0.273. The van der Waals surface area contributed by atoms with E-state index in [9.17, 15) is 4.79 Å². The van der Waals surface area contributed by atoms with Gasteiger partial charge in [-0.3, -0.25) is 4.79 Å². The van der Waals surface area contributed by atoms with Gasteiger partial charge in [0.15, 0.2) is 0 Å². The van der Waals surface area contributed by atoms with Crippen LogP contribution >= 0.6 is 11.6 Å². The van der Waals surface area contributed by atoms with Crippen molar-refractivity contribution in [1.82, 2.24) is 10.3 Å². The van der Waals surface area contributed by atoms with Gasteiger partial charge >= 0.3 is 0 Å². The number of hydrogen-bond acceptors (Lipinski definition) is 2. The Morgan fingerprint density at radius 1 is 1.00 bits per heavy atom. The van der Waals surface area contributed by atoms with Crippen LogP contribution in [0.1, 0.15) is 42.5 Å². The van der Waals surface area contributed by atoms with Crippen LogP contribution in [0.25, 0.3) is 22.2 Å². The van der Waals surface area contributed by atoms with Crippen LogP contribution in [0.5, 0.6) is 0 Å². The molecule has 3 nitrogen and oxygen atoms in total. The maximum absolute atomic E-state index is 13.0. The number of amides is 1. The zero-order valence-electron chi connectivity index (χ0n) is 14.5. The van der Waals surface area contributed by atoms with E-state index in [0.717, 1.165) is 35.0 Å². The quantitative estimate of drug-likeness (QED) is 0.655. The second-order valence-electron chi connectivity index (χ2n) is 6.89. The van der Waals surface area contributed by atoms with Crippen molar-refractivity contribution >= 4 is 28.4 Å². The Kier molecular flexibility index (Phi) is 4.89. The van der Waals surface area contributed by atoms with E-state index >= 15 is 0 Å². The normalized spacial score (nSPS) is 15.1. The molecule has 0 aliphatic heterocycles. The third kappa shape index (κ3) is 3.58. The lowest BCUT2D eigenvalue weighted by molar-refractivity contribution is 0.0929. The Balaban J connectivity index is 1.77. The molecule has 0 saturated heterocycles. The Bertz CT molecular complexity index is 934. The van der Waals surface area contributed by atoms with Gasteiger partial charge in [0.1, 0.15) is 0 Å². The van der Waals surface area contributed by atoms with E-state index in [1.54, 1.807) is 0 Å². The van der Waals surface area contributed by atoms with Gasteiger partial charge in [-0.25, -0.2) is 4.98 Å². The number of nitrogens with zero attached hydrogens (tertiary/aromatic N) is 1. The second kappa shape index (κ2) is 7.46. The van der Waals surface area contributed by atoms with Crippen LogP contribution in [0, 0.1) is 0 Å². The van der Waals surface area contributed by atoms with Gasteiger partial charge in [0.05, 0.1) is 16.8 Å². The minimum atomic E-state index is -0.0382.